The van der Waals surface area contributed by atoms with Crippen LogP contribution in [-0.4, -0.2) is 16.6 Å². The Hall–Kier alpha value is -2.00. The van der Waals surface area contributed by atoms with Gasteiger partial charge in [0.1, 0.15) is 0 Å². The van der Waals surface area contributed by atoms with E-state index < -0.39 is 0 Å². The first-order valence-electron chi connectivity index (χ1n) is 6.59. The topological polar surface area (TPSA) is 22.0 Å². The zero-order valence-electron chi connectivity index (χ0n) is 11.0. The second-order valence-electron chi connectivity index (χ2n) is 4.57. The van der Waals surface area contributed by atoms with Crippen LogP contribution in [0.15, 0.2) is 65.7 Å². The van der Waals surface area contributed by atoms with Gasteiger partial charge in [-0.25, -0.2) is 0 Å². The zero-order valence-corrected chi connectivity index (χ0v) is 11.8. The largest absolute Gasteiger partial charge is 0.346 e. The molecule has 20 heavy (non-hydrogen) atoms. The number of hydrogen-bond donors (Lipinski definition) is 0. The second-order valence-corrected chi connectivity index (χ2v) is 5.74. The van der Waals surface area contributed by atoms with Crippen LogP contribution < -0.4 is 0 Å². The lowest BCUT2D eigenvalue weighted by Gasteiger charge is -2.05. The van der Waals surface area contributed by atoms with Crippen molar-refractivity contribution >= 4 is 29.0 Å². The van der Waals surface area contributed by atoms with Crippen molar-refractivity contribution in [1.82, 2.24) is 4.57 Å². The van der Waals surface area contributed by atoms with Crippen molar-refractivity contribution in [3.63, 3.8) is 0 Å². The average molecular weight is 281 g/mol. The number of aryl methyl sites for hydroxylation is 1. The summed E-state index contributed by atoms with van der Waals surface area (Å²) in [6.45, 7) is 0.897. The quantitative estimate of drug-likeness (QED) is 0.515. The summed E-state index contributed by atoms with van der Waals surface area (Å²) in [6, 6.07) is 18.4. The molecule has 0 atom stereocenters. The van der Waals surface area contributed by atoms with Crippen LogP contribution in [0.25, 0.3) is 10.9 Å². The summed E-state index contributed by atoms with van der Waals surface area (Å²) in [5, 5.41) is 1.03. The highest BCUT2D eigenvalue weighted by Crippen LogP contribution is 2.22. The van der Waals surface area contributed by atoms with E-state index in [1.807, 2.05) is 42.2 Å². The van der Waals surface area contributed by atoms with Crippen LogP contribution in [0.1, 0.15) is 10.4 Å². The third-order valence-corrected chi connectivity index (χ3v) is 4.28. The van der Waals surface area contributed by atoms with Gasteiger partial charge in [0.25, 0.3) is 0 Å². The third kappa shape index (κ3) is 2.63. The van der Waals surface area contributed by atoms with E-state index in [-0.39, 0.29) is 0 Å². The summed E-state index contributed by atoms with van der Waals surface area (Å²) < 4.78 is 2.16. The number of fused-ring (bicyclic) bond motifs is 1. The van der Waals surface area contributed by atoms with Gasteiger partial charge in [0, 0.05) is 39.9 Å². The minimum atomic E-state index is 0.769. The minimum Gasteiger partial charge on any atom is -0.346 e. The Bertz CT molecular complexity index is 718. The highest BCUT2D eigenvalue weighted by Gasteiger charge is 2.06. The first-order chi connectivity index (χ1) is 9.88. The Balaban J connectivity index is 1.76. The van der Waals surface area contributed by atoms with Gasteiger partial charge in [-0.15, -0.1) is 11.8 Å². The van der Waals surface area contributed by atoms with Gasteiger partial charge >= 0.3 is 0 Å². The Labute approximate surface area is 122 Å². The predicted molar refractivity (Wildman–Crippen MR) is 84.5 cm³/mol. The van der Waals surface area contributed by atoms with Crippen molar-refractivity contribution in [2.24, 2.45) is 0 Å². The Morgan fingerprint density at radius 3 is 2.55 bits per heavy atom. The highest BCUT2D eigenvalue weighted by atomic mass is 32.2. The summed E-state index contributed by atoms with van der Waals surface area (Å²) in [6.07, 6.45) is 2.88. The number of nitrogens with zero attached hydrogens (tertiary/aromatic N) is 1. The summed E-state index contributed by atoms with van der Waals surface area (Å²) in [7, 11) is 0. The number of thioether (sulfide) groups is 1. The van der Waals surface area contributed by atoms with E-state index in [2.05, 4.69) is 34.9 Å². The standard InChI is InChI=1S/C17H15NOS/c19-13-14-12-18(17-9-5-4-8-16(14)17)10-11-20-15-6-2-1-3-7-15/h1-9,12-13H,10-11H2. The smallest absolute Gasteiger partial charge is 0.152 e. The fourth-order valence-corrected chi connectivity index (χ4v) is 3.21. The van der Waals surface area contributed by atoms with Gasteiger partial charge in [0.2, 0.25) is 0 Å². The molecule has 3 heteroatoms. The maximum absolute atomic E-state index is 11.1. The normalized spacial score (nSPS) is 10.8. The number of benzene rings is 2. The molecule has 100 valence electrons. The fraction of sp³-hybridized carbons (Fsp3) is 0.118. The molecule has 0 N–H and O–H groups in total. The molecule has 2 nitrogen and oxygen atoms in total. The SMILES string of the molecule is O=Cc1cn(CCSc2ccccc2)c2ccccc12. The van der Waals surface area contributed by atoms with Gasteiger partial charge in [-0.05, 0) is 18.2 Å². The second kappa shape index (κ2) is 5.97. The van der Waals surface area contributed by atoms with Crippen molar-refractivity contribution in [3.8, 4) is 0 Å². The first kappa shape index (κ1) is 13.0. The van der Waals surface area contributed by atoms with Crippen molar-refractivity contribution in [1.29, 1.82) is 0 Å². The summed E-state index contributed by atoms with van der Waals surface area (Å²) in [5.74, 6) is 0.987. The number of carbonyl (C=O) groups excluding carboxylic acids is 1. The minimum absolute atomic E-state index is 0.769. The molecule has 3 rings (SSSR count). The number of aldehydes is 1. The molecule has 3 aromatic rings. The molecule has 0 aliphatic rings. The molecule has 0 saturated heterocycles. The van der Waals surface area contributed by atoms with Crippen molar-refractivity contribution < 1.29 is 4.79 Å². The van der Waals surface area contributed by atoms with Gasteiger partial charge in [0.15, 0.2) is 6.29 Å². The maximum atomic E-state index is 11.1. The number of hydrogen-bond acceptors (Lipinski definition) is 2. The molecule has 0 bridgehead atoms. The lowest BCUT2D eigenvalue weighted by Crippen LogP contribution is -1.98. The van der Waals surface area contributed by atoms with E-state index >= 15 is 0 Å². The van der Waals surface area contributed by atoms with E-state index in [1.54, 1.807) is 0 Å². The van der Waals surface area contributed by atoms with Gasteiger partial charge in [-0.3, -0.25) is 4.79 Å². The predicted octanol–water partition coefficient (Wildman–Crippen LogP) is 4.25. The number of aromatic nitrogens is 1. The van der Waals surface area contributed by atoms with E-state index in [0.717, 1.165) is 35.1 Å². The molecular weight excluding hydrogens is 266 g/mol. The molecule has 0 spiro atoms. The lowest BCUT2D eigenvalue weighted by atomic mass is 10.2. The average Bonchev–Trinajstić information content (AvgIpc) is 2.87. The van der Waals surface area contributed by atoms with Crippen LogP contribution in [0, 0.1) is 0 Å². The molecule has 1 aromatic heterocycles. The monoisotopic (exact) mass is 281 g/mol. The molecule has 0 unspecified atom stereocenters. The van der Waals surface area contributed by atoms with Gasteiger partial charge in [-0.2, -0.15) is 0 Å². The van der Waals surface area contributed by atoms with Crippen LogP contribution in [0.5, 0.6) is 0 Å². The van der Waals surface area contributed by atoms with Crippen LogP contribution >= 0.6 is 11.8 Å². The molecule has 0 aliphatic heterocycles. The molecule has 2 aromatic carbocycles. The van der Waals surface area contributed by atoms with Crippen molar-refractivity contribution in [3.05, 3.63) is 66.4 Å². The molecule has 1 heterocycles. The van der Waals surface area contributed by atoms with E-state index in [1.165, 1.54) is 4.90 Å². The van der Waals surface area contributed by atoms with E-state index in [4.69, 9.17) is 0 Å². The van der Waals surface area contributed by atoms with Crippen LogP contribution in [0.4, 0.5) is 0 Å². The Kier molecular flexibility index (Phi) is 3.88. The third-order valence-electron chi connectivity index (χ3n) is 3.29. The Morgan fingerprint density at radius 1 is 1.00 bits per heavy atom. The fourth-order valence-electron chi connectivity index (χ4n) is 2.33. The molecule has 0 fully saturated rings. The molecule has 0 saturated carbocycles. The zero-order chi connectivity index (χ0) is 13.8. The van der Waals surface area contributed by atoms with Crippen LogP contribution in [-0.2, 0) is 6.54 Å². The van der Waals surface area contributed by atoms with Crippen molar-refractivity contribution in [2.75, 3.05) is 5.75 Å². The van der Waals surface area contributed by atoms with Gasteiger partial charge in [-0.1, -0.05) is 36.4 Å². The molecule has 0 radical (unpaired) electrons. The lowest BCUT2D eigenvalue weighted by molar-refractivity contribution is 0.112. The molecule has 0 aliphatic carbocycles. The maximum Gasteiger partial charge on any atom is 0.152 e. The number of para-hydroxylation sites is 1. The first-order valence-corrected chi connectivity index (χ1v) is 7.58. The number of rotatable bonds is 5. The number of carbonyl (C=O) groups is 1. The molecular formula is C17H15NOS. The van der Waals surface area contributed by atoms with Gasteiger partial charge < -0.3 is 4.57 Å². The Morgan fingerprint density at radius 2 is 1.75 bits per heavy atom. The van der Waals surface area contributed by atoms with Gasteiger partial charge in [0.05, 0.1) is 0 Å². The summed E-state index contributed by atoms with van der Waals surface area (Å²) in [4.78, 5) is 12.4. The van der Waals surface area contributed by atoms with Crippen LogP contribution in [0.2, 0.25) is 0 Å². The summed E-state index contributed by atoms with van der Waals surface area (Å²) in [5.41, 5.74) is 1.90. The van der Waals surface area contributed by atoms with E-state index in [9.17, 15) is 4.79 Å². The van der Waals surface area contributed by atoms with E-state index in [0.29, 0.717) is 0 Å². The van der Waals surface area contributed by atoms with Crippen molar-refractivity contribution in [2.45, 2.75) is 11.4 Å². The summed E-state index contributed by atoms with van der Waals surface area (Å²) >= 11 is 1.83. The molecule has 0 amide bonds. The van der Waals surface area contributed by atoms with Crippen LogP contribution in [0.3, 0.4) is 0 Å². The highest BCUT2D eigenvalue weighted by molar-refractivity contribution is 7.99.